The van der Waals surface area contributed by atoms with E-state index in [1.807, 2.05) is 68.4 Å². The Bertz CT molecular complexity index is 1380. The molecule has 1 heterocycles. The number of halogens is 1. The topological polar surface area (TPSA) is 91.6 Å². The molecule has 0 fully saturated rings. The molecule has 0 aliphatic rings. The molecule has 0 atom stereocenters. The number of aryl methyl sites for hydroxylation is 2. The van der Waals surface area contributed by atoms with Crippen molar-refractivity contribution in [2.45, 2.75) is 19.0 Å². The molecule has 4 aromatic rings. The van der Waals surface area contributed by atoms with E-state index in [0.29, 0.717) is 32.8 Å². The van der Waals surface area contributed by atoms with Gasteiger partial charge in [-0.3, -0.25) is 4.79 Å². The molecule has 6 nitrogen and oxygen atoms in total. The van der Waals surface area contributed by atoms with E-state index >= 15 is 0 Å². The summed E-state index contributed by atoms with van der Waals surface area (Å²) in [6, 6.07) is 22.8. The highest BCUT2D eigenvalue weighted by atomic mass is 35.5. The first-order valence-electron chi connectivity index (χ1n) is 10.4. The second-order valence-corrected chi connectivity index (χ2v) is 9.04. The smallest absolute Gasteiger partial charge is 0.234 e. The van der Waals surface area contributed by atoms with Gasteiger partial charge in [0.25, 0.3) is 0 Å². The Balaban J connectivity index is 1.58. The first kappa shape index (κ1) is 23.4. The molecule has 0 unspecified atom stereocenters. The number of hydrogen-bond donors (Lipinski definition) is 1. The SMILES string of the molecule is Cc1ccc(-c2nnc(SCC(=O)Nc3cc(Cl)ccc3C#N)nc2-c2ccc(C)cc2)cc1. The van der Waals surface area contributed by atoms with Crippen LogP contribution in [0.15, 0.2) is 71.9 Å². The average Bonchev–Trinajstić information content (AvgIpc) is 2.84. The molecular weight excluding hydrogens is 466 g/mol. The molecule has 0 saturated heterocycles. The van der Waals surface area contributed by atoms with Gasteiger partial charge in [0.2, 0.25) is 11.1 Å². The lowest BCUT2D eigenvalue weighted by Crippen LogP contribution is -2.15. The molecule has 0 bridgehead atoms. The molecule has 3 aromatic carbocycles. The van der Waals surface area contributed by atoms with E-state index < -0.39 is 0 Å². The Morgan fingerprint density at radius 2 is 1.56 bits per heavy atom. The zero-order chi connectivity index (χ0) is 24.1. The van der Waals surface area contributed by atoms with Crippen LogP contribution in [0, 0.1) is 25.2 Å². The van der Waals surface area contributed by atoms with Crippen LogP contribution in [0.25, 0.3) is 22.5 Å². The number of nitrogens with zero attached hydrogens (tertiary/aromatic N) is 4. The van der Waals surface area contributed by atoms with Crippen LogP contribution < -0.4 is 5.32 Å². The van der Waals surface area contributed by atoms with E-state index in [1.165, 1.54) is 11.8 Å². The van der Waals surface area contributed by atoms with Gasteiger partial charge in [-0.1, -0.05) is 83.0 Å². The first-order valence-corrected chi connectivity index (χ1v) is 11.8. The fraction of sp³-hybridized carbons (Fsp3) is 0.115. The molecule has 1 aromatic heterocycles. The minimum absolute atomic E-state index is 0.0519. The van der Waals surface area contributed by atoms with Gasteiger partial charge in [-0.2, -0.15) is 5.26 Å². The summed E-state index contributed by atoms with van der Waals surface area (Å²) in [7, 11) is 0. The Morgan fingerprint density at radius 1 is 0.941 bits per heavy atom. The Morgan fingerprint density at radius 3 is 2.18 bits per heavy atom. The molecular formula is C26H20ClN5OS. The third kappa shape index (κ3) is 5.60. The molecule has 168 valence electrons. The molecule has 34 heavy (non-hydrogen) atoms. The van der Waals surface area contributed by atoms with Crippen molar-refractivity contribution in [3.8, 4) is 28.6 Å². The van der Waals surface area contributed by atoms with E-state index in [4.69, 9.17) is 16.6 Å². The Hall–Kier alpha value is -3.73. The maximum Gasteiger partial charge on any atom is 0.234 e. The van der Waals surface area contributed by atoms with Gasteiger partial charge in [0.1, 0.15) is 17.5 Å². The summed E-state index contributed by atoms with van der Waals surface area (Å²) < 4.78 is 0. The molecule has 1 amide bonds. The van der Waals surface area contributed by atoms with E-state index in [2.05, 4.69) is 15.5 Å². The van der Waals surface area contributed by atoms with E-state index in [9.17, 15) is 10.1 Å². The standard InChI is InChI=1S/C26H20ClN5OS/c1-16-3-7-18(8-4-16)24-25(19-9-5-17(2)6-10-19)31-32-26(30-24)34-15-23(33)29-22-13-21(27)12-11-20(22)14-28/h3-13H,15H2,1-2H3,(H,29,33). The molecule has 0 saturated carbocycles. The zero-order valence-corrected chi connectivity index (χ0v) is 20.1. The quantitative estimate of drug-likeness (QED) is 0.333. The Kier molecular flexibility index (Phi) is 7.21. The number of carbonyl (C=O) groups is 1. The third-order valence-electron chi connectivity index (χ3n) is 5.03. The fourth-order valence-electron chi connectivity index (χ4n) is 3.22. The maximum atomic E-state index is 12.5. The van der Waals surface area contributed by atoms with Crippen molar-refractivity contribution in [1.29, 1.82) is 5.26 Å². The zero-order valence-electron chi connectivity index (χ0n) is 18.5. The van der Waals surface area contributed by atoms with Gasteiger partial charge in [-0.15, -0.1) is 10.2 Å². The second-order valence-electron chi connectivity index (χ2n) is 7.66. The van der Waals surface area contributed by atoms with Crippen LogP contribution in [0.2, 0.25) is 5.02 Å². The number of hydrogen-bond acceptors (Lipinski definition) is 6. The number of thioether (sulfide) groups is 1. The van der Waals surface area contributed by atoms with Crippen LogP contribution in [0.4, 0.5) is 5.69 Å². The molecule has 0 spiro atoms. The fourth-order valence-corrected chi connectivity index (χ4v) is 3.98. The molecule has 1 N–H and O–H groups in total. The van der Waals surface area contributed by atoms with Gasteiger partial charge in [0.05, 0.1) is 17.0 Å². The highest BCUT2D eigenvalue weighted by Gasteiger charge is 2.15. The van der Waals surface area contributed by atoms with Gasteiger partial charge in [0.15, 0.2) is 0 Å². The van der Waals surface area contributed by atoms with Crippen molar-refractivity contribution in [3.63, 3.8) is 0 Å². The van der Waals surface area contributed by atoms with Crippen LogP contribution in [-0.4, -0.2) is 26.8 Å². The largest absolute Gasteiger partial charge is 0.324 e. The number of anilines is 1. The van der Waals surface area contributed by atoms with E-state index in [1.54, 1.807) is 18.2 Å². The van der Waals surface area contributed by atoms with Crippen molar-refractivity contribution in [2.24, 2.45) is 0 Å². The molecule has 0 aliphatic carbocycles. The second kappa shape index (κ2) is 10.5. The van der Waals surface area contributed by atoms with Crippen LogP contribution in [-0.2, 0) is 4.79 Å². The van der Waals surface area contributed by atoms with Gasteiger partial charge in [0, 0.05) is 16.1 Å². The lowest BCUT2D eigenvalue weighted by molar-refractivity contribution is -0.113. The minimum Gasteiger partial charge on any atom is -0.324 e. The van der Waals surface area contributed by atoms with Crippen molar-refractivity contribution in [3.05, 3.63) is 88.4 Å². The molecule has 8 heteroatoms. The summed E-state index contributed by atoms with van der Waals surface area (Å²) in [4.78, 5) is 17.3. The van der Waals surface area contributed by atoms with Gasteiger partial charge >= 0.3 is 0 Å². The van der Waals surface area contributed by atoms with Crippen molar-refractivity contribution in [2.75, 3.05) is 11.1 Å². The van der Waals surface area contributed by atoms with Crippen LogP contribution in [0.1, 0.15) is 16.7 Å². The van der Waals surface area contributed by atoms with Crippen molar-refractivity contribution < 1.29 is 4.79 Å². The highest BCUT2D eigenvalue weighted by molar-refractivity contribution is 7.99. The van der Waals surface area contributed by atoms with E-state index in [0.717, 1.165) is 22.3 Å². The molecule has 4 rings (SSSR count). The first-order chi connectivity index (χ1) is 16.4. The lowest BCUT2D eigenvalue weighted by atomic mass is 10.0. The Labute approximate surface area is 207 Å². The summed E-state index contributed by atoms with van der Waals surface area (Å²) in [5.41, 5.74) is 6.21. The molecule has 0 aliphatic heterocycles. The number of benzene rings is 3. The number of aromatic nitrogens is 3. The van der Waals surface area contributed by atoms with Crippen LogP contribution in [0.3, 0.4) is 0 Å². The predicted molar refractivity (Wildman–Crippen MR) is 136 cm³/mol. The number of rotatable bonds is 6. The number of nitrogens with one attached hydrogen (secondary N) is 1. The number of carbonyl (C=O) groups excluding carboxylic acids is 1. The monoisotopic (exact) mass is 485 g/mol. The van der Waals surface area contributed by atoms with Gasteiger partial charge < -0.3 is 5.32 Å². The average molecular weight is 486 g/mol. The summed E-state index contributed by atoms with van der Waals surface area (Å²) in [6.45, 7) is 4.06. The predicted octanol–water partition coefficient (Wildman–Crippen LogP) is 6.08. The van der Waals surface area contributed by atoms with Gasteiger partial charge in [-0.05, 0) is 32.0 Å². The highest BCUT2D eigenvalue weighted by Crippen LogP contribution is 2.30. The lowest BCUT2D eigenvalue weighted by Gasteiger charge is -2.10. The van der Waals surface area contributed by atoms with Crippen LogP contribution in [0.5, 0.6) is 0 Å². The minimum atomic E-state index is -0.299. The number of nitriles is 1. The summed E-state index contributed by atoms with van der Waals surface area (Å²) in [5, 5.41) is 21.5. The normalized spacial score (nSPS) is 10.5. The van der Waals surface area contributed by atoms with Crippen LogP contribution >= 0.6 is 23.4 Å². The number of amides is 1. The summed E-state index contributed by atoms with van der Waals surface area (Å²) in [6.07, 6.45) is 0. The summed E-state index contributed by atoms with van der Waals surface area (Å²) in [5.74, 6) is -0.247. The molecule has 0 radical (unpaired) electrons. The van der Waals surface area contributed by atoms with Crippen molar-refractivity contribution in [1.82, 2.24) is 15.2 Å². The van der Waals surface area contributed by atoms with Crippen molar-refractivity contribution >= 4 is 35.0 Å². The van der Waals surface area contributed by atoms with E-state index in [-0.39, 0.29) is 11.7 Å². The van der Waals surface area contributed by atoms with Gasteiger partial charge in [-0.25, -0.2) is 4.98 Å². The summed E-state index contributed by atoms with van der Waals surface area (Å²) >= 11 is 7.17. The third-order valence-corrected chi connectivity index (χ3v) is 6.10. The maximum absolute atomic E-state index is 12.5.